The summed E-state index contributed by atoms with van der Waals surface area (Å²) in [6.07, 6.45) is 2.86. The van der Waals surface area contributed by atoms with Crippen molar-refractivity contribution in [3.8, 4) is 17.6 Å². The van der Waals surface area contributed by atoms with E-state index in [0.29, 0.717) is 28.2 Å². The average molecular weight is 441 g/mol. The molecule has 7 nitrogen and oxygen atoms in total. The van der Waals surface area contributed by atoms with Gasteiger partial charge in [-0.3, -0.25) is 0 Å². The molecule has 0 bridgehead atoms. The number of nitriles is 1. The van der Waals surface area contributed by atoms with Gasteiger partial charge in [0, 0.05) is 23.1 Å². The third-order valence-corrected chi connectivity index (χ3v) is 4.98. The van der Waals surface area contributed by atoms with E-state index in [9.17, 15) is 9.59 Å². The first-order chi connectivity index (χ1) is 16.1. The van der Waals surface area contributed by atoms with Crippen molar-refractivity contribution in [2.45, 2.75) is 6.61 Å². The number of methoxy groups -OCH3 is 1. The zero-order chi connectivity index (χ0) is 23.2. The van der Waals surface area contributed by atoms with Crippen LogP contribution in [-0.4, -0.2) is 19.7 Å². The van der Waals surface area contributed by atoms with E-state index in [1.807, 2.05) is 36.4 Å². The smallest absolute Gasteiger partial charge is 0.336 e. The molecular weight excluding hydrogens is 422 g/mol. The lowest BCUT2D eigenvalue weighted by molar-refractivity contribution is -0.138. The highest BCUT2D eigenvalue weighted by atomic mass is 16.5. The van der Waals surface area contributed by atoms with Gasteiger partial charge in [-0.15, -0.1) is 0 Å². The largest absolute Gasteiger partial charge is 0.493 e. The molecule has 0 spiro atoms. The molecule has 0 atom stereocenters. The minimum Gasteiger partial charge on any atom is -0.493 e. The van der Waals surface area contributed by atoms with Gasteiger partial charge in [-0.1, -0.05) is 36.4 Å². The van der Waals surface area contributed by atoms with Crippen LogP contribution in [0.1, 0.15) is 11.1 Å². The van der Waals surface area contributed by atoms with E-state index in [-0.39, 0.29) is 13.2 Å². The summed E-state index contributed by atoms with van der Waals surface area (Å²) in [4.78, 5) is 24.3. The van der Waals surface area contributed by atoms with Crippen molar-refractivity contribution in [3.05, 3.63) is 88.3 Å². The molecule has 0 amide bonds. The van der Waals surface area contributed by atoms with Gasteiger partial charge >= 0.3 is 11.6 Å². The first-order valence-corrected chi connectivity index (χ1v) is 10.1. The quantitative estimate of drug-likeness (QED) is 0.179. The second-order valence-electron chi connectivity index (χ2n) is 7.05. The van der Waals surface area contributed by atoms with Crippen molar-refractivity contribution in [2.24, 2.45) is 0 Å². The van der Waals surface area contributed by atoms with Gasteiger partial charge in [0.1, 0.15) is 18.3 Å². The molecular formula is C26H19NO6. The van der Waals surface area contributed by atoms with E-state index in [0.717, 1.165) is 16.2 Å². The Labute approximate surface area is 189 Å². The third kappa shape index (κ3) is 4.86. The molecule has 0 aliphatic carbocycles. The maximum absolute atomic E-state index is 12.3. The molecule has 0 aliphatic heterocycles. The van der Waals surface area contributed by atoms with Gasteiger partial charge in [-0.2, -0.15) is 5.26 Å². The van der Waals surface area contributed by atoms with Gasteiger partial charge in [0.25, 0.3) is 0 Å². The number of fused-ring (bicyclic) bond motifs is 3. The van der Waals surface area contributed by atoms with E-state index in [1.54, 1.807) is 30.3 Å². The summed E-state index contributed by atoms with van der Waals surface area (Å²) in [5.41, 5.74) is 1.18. The van der Waals surface area contributed by atoms with Crippen LogP contribution in [0.3, 0.4) is 0 Å². The van der Waals surface area contributed by atoms with Crippen LogP contribution in [0, 0.1) is 11.3 Å². The maximum Gasteiger partial charge on any atom is 0.336 e. The molecule has 0 saturated heterocycles. The maximum atomic E-state index is 12.3. The van der Waals surface area contributed by atoms with Crippen LogP contribution in [0.15, 0.2) is 76.0 Å². The molecule has 0 aliphatic rings. The minimum absolute atomic E-state index is 0.0798. The predicted octanol–water partition coefficient (Wildman–Crippen LogP) is 4.61. The van der Waals surface area contributed by atoms with E-state index in [1.165, 1.54) is 19.3 Å². The number of hydrogen-bond donors (Lipinski definition) is 0. The number of nitrogens with zero attached hydrogens (tertiary/aromatic N) is 1. The average Bonchev–Trinajstić information content (AvgIpc) is 2.84. The second kappa shape index (κ2) is 9.71. The Morgan fingerprint density at radius 2 is 1.94 bits per heavy atom. The van der Waals surface area contributed by atoms with Crippen molar-refractivity contribution in [3.63, 3.8) is 0 Å². The van der Waals surface area contributed by atoms with Crippen molar-refractivity contribution in [1.29, 1.82) is 5.26 Å². The zero-order valence-electron chi connectivity index (χ0n) is 17.7. The van der Waals surface area contributed by atoms with Crippen molar-refractivity contribution in [2.75, 3.05) is 13.7 Å². The lowest BCUT2D eigenvalue weighted by Crippen LogP contribution is -2.06. The van der Waals surface area contributed by atoms with Crippen molar-refractivity contribution in [1.82, 2.24) is 0 Å². The molecule has 3 aromatic carbocycles. The Balaban J connectivity index is 1.53. The fourth-order valence-electron chi connectivity index (χ4n) is 3.51. The Kier molecular flexibility index (Phi) is 6.37. The summed E-state index contributed by atoms with van der Waals surface area (Å²) >= 11 is 0. The van der Waals surface area contributed by atoms with Crippen molar-refractivity contribution < 1.29 is 23.4 Å². The van der Waals surface area contributed by atoms with E-state index < -0.39 is 11.6 Å². The van der Waals surface area contributed by atoms with Crippen LogP contribution in [0.25, 0.3) is 27.8 Å². The number of benzene rings is 3. The van der Waals surface area contributed by atoms with Gasteiger partial charge in [0.05, 0.1) is 7.11 Å². The molecule has 0 unspecified atom stereocenters. The molecule has 4 aromatic rings. The first-order valence-electron chi connectivity index (χ1n) is 10.1. The van der Waals surface area contributed by atoms with Crippen LogP contribution in [0.5, 0.6) is 11.5 Å². The Morgan fingerprint density at radius 1 is 1.09 bits per heavy atom. The molecule has 4 rings (SSSR count). The summed E-state index contributed by atoms with van der Waals surface area (Å²) in [5, 5.41) is 11.3. The molecule has 33 heavy (non-hydrogen) atoms. The minimum atomic E-state index is -0.569. The normalized spacial score (nSPS) is 10.9. The van der Waals surface area contributed by atoms with E-state index in [4.69, 9.17) is 23.9 Å². The lowest BCUT2D eigenvalue weighted by atomic mass is 10.0. The highest BCUT2D eigenvalue weighted by Crippen LogP contribution is 2.29. The summed E-state index contributed by atoms with van der Waals surface area (Å²) in [6, 6.07) is 19.6. The van der Waals surface area contributed by atoms with Gasteiger partial charge in [0.15, 0.2) is 18.1 Å². The van der Waals surface area contributed by atoms with Crippen molar-refractivity contribution >= 4 is 33.8 Å². The molecule has 1 heterocycles. The highest BCUT2D eigenvalue weighted by molar-refractivity contribution is 6.07. The number of hydrogen-bond acceptors (Lipinski definition) is 7. The summed E-state index contributed by atoms with van der Waals surface area (Å²) < 4.78 is 21.3. The number of carbonyl (C=O) groups is 1. The third-order valence-electron chi connectivity index (χ3n) is 4.98. The van der Waals surface area contributed by atoms with E-state index >= 15 is 0 Å². The van der Waals surface area contributed by atoms with Gasteiger partial charge in [0.2, 0.25) is 0 Å². The van der Waals surface area contributed by atoms with Crippen LogP contribution in [0.4, 0.5) is 0 Å². The second-order valence-corrected chi connectivity index (χ2v) is 7.05. The van der Waals surface area contributed by atoms with Crippen LogP contribution in [-0.2, 0) is 16.1 Å². The molecule has 0 saturated carbocycles. The monoisotopic (exact) mass is 441 g/mol. The molecule has 164 valence electrons. The van der Waals surface area contributed by atoms with Gasteiger partial charge in [-0.25, -0.2) is 9.59 Å². The van der Waals surface area contributed by atoms with Gasteiger partial charge < -0.3 is 18.6 Å². The highest BCUT2D eigenvalue weighted by Gasteiger charge is 2.11. The predicted molar refractivity (Wildman–Crippen MR) is 123 cm³/mol. The number of carbonyl (C=O) groups excluding carboxylic acids is 1. The number of ether oxygens (including phenoxy) is 3. The number of rotatable bonds is 7. The summed E-state index contributed by atoms with van der Waals surface area (Å²) in [6.45, 7) is -0.177. The van der Waals surface area contributed by atoms with Crippen LogP contribution < -0.4 is 15.1 Å². The molecule has 0 radical (unpaired) electrons. The molecule has 7 heteroatoms. The standard InChI is InChI=1S/C26H19NO6/c1-30-23-14-17(6-9-21(23)31-13-12-27)7-11-24(28)32-16-19-15-25(29)33-22-10-8-18-4-2-3-5-20(18)26(19)22/h2-11,14-15H,13,16H2,1H3. The van der Waals surface area contributed by atoms with Crippen LogP contribution >= 0.6 is 0 Å². The Hall–Kier alpha value is -4.57. The molecule has 1 aromatic heterocycles. The van der Waals surface area contributed by atoms with Crippen LogP contribution in [0.2, 0.25) is 0 Å². The number of esters is 1. The Bertz CT molecular complexity index is 1460. The topological polar surface area (TPSA) is 98.8 Å². The fraction of sp³-hybridized carbons (Fsp3) is 0.115. The SMILES string of the molecule is COc1cc(C=CC(=O)OCc2cc(=O)oc3ccc4ccccc4c23)ccc1OCC#N. The lowest BCUT2D eigenvalue weighted by Gasteiger charge is -2.09. The zero-order valence-corrected chi connectivity index (χ0v) is 17.7. The summed E-state index contributed by atoms with van der Waals surface area (Å²) in [7, 11) is 1.49. The van der Waals surface area contributed by atoms with Gasteiger partial charge in [-0.05, 0) is 40.6 Å². The first kappa shape index (κ1) is 21.7. The fourth-order valence-corrected chi connectivity index (χ4v) is 3.51. The molecule has 0 N–H and O–H groups in total. The molecule has 0 fully saturated rings. The van der Waals surface area contributed by atoms with E-state index in [2.05, 4.69) is 0 Å². The Morgan fingerprint density at radius 3 is 2.76 bits per heavy atom. The summed E-state index contributed by atoms with van der Waals surface area (Å²) in [5.74, 6) is 0.302.